The van der Waals surface area contributed by atoms with Gasteiger partial charge in [0.2, 0.25) is 0 Å². The van der Waals surface area contributed by atoms with Gasteiger partial charge in [-0.15, -0.1) is 0 Å². The molecule has 0 aliphatic heterocycles. The van der Waals surface area contributed by atoms with Gasteiger partial charge >= 0.3 is 0 Å². The Bertz CT molecular complexity index is 536. The van der Waals surface area contributed by atoms with Gasteiger partial charge in [-0.3, -0.25) is 0 Å². The van der Waals surface area contributed by atoms with E-state index in [1.165, 1.54) is 0 Å². The minimum absolute atomic E-state index is 0.261. The van der Waals surface area contributed by atoms with Crippen molar-refractivity contribution in [1.29, 1.82) is 0 Å². The molecule has 2 rings (SSSR count). The fourth-order valence-electron chi connectivity index (χ4n) is 1.64. The van der Waals surface area contributed by atoms with Gasteiger partial charge in [0.1, 0.15) is 23.2 Å². The fourth-order valence-corrected chi connectivity index (χ4v) is 1.70. The Kier molecular flexibility index (Phi) is 3.58. The summed E-state index contributed by atoms with van der Waals surface area (Å²) in [6, 6.07) is 5.72. The van der Waals surface area contributed by atoms with E-state index in [0.717, 1.165) is 35.4 Å². The topological polar surface area (TPSA) is 63.9 Å². The van der Waals surface area contributed by atoms with E-state index < -0.39 is 0 Å². The van der Waals surface area contributed by atoms with E-state index >= 15 is 0 Å². The maximum atomic E-state index is 5.43. The highest BCUT2D eigenvalue weighted by molar-refractivity contribution is 7.80. The van der Waals surface area contributed by atoms with Crippen LogP contribution in [0.2, 0.25) is 0 Å². The molecular formula is C12H15N3OS. The molecule has 5 heteroatoms. The van der Waals surface area contributed by atoms with Crippen LogP contribution in [0.5, 0.6) is 5.75 Å². The van der Waals surface area contributed by atoms with Crippen molar-refractivity contribution in [3.05, 3.63) is 24.0 Å². The third kappa shape index (κ3) is 2.94. The van der Waals surface area contributed by atoms with Crippen molar-refractivity contribution in [3.8, 4) is 5.75 Å². The molecule has 2 aromatic rings. The minimum Gasteiger partial charge on any atom is -0.486 e. The van der Waals surface area contributed by atoms with E-state index in [9.17, 15) is 0 Å². The molecule has 1 aromatic carbocycles. The maximum Gasteiger partial charge on any atom is 0.138 e. The molecule has 0 aliphatic carbocycles. The van der Waals surface area contributed by atoms with Crippen LogP contribution in [0.3, 0.4) is 0 Å². The molecule has 0 radical (unpaired) electrons. The van der Waals surface area contributed by atoms with Gasteiger partial charge in [0.25, 0.3) is 0 Å². The smallest absolute Gasteiger partial charge is 0.138 e. The molecule has 0 saturated carbocycles. The van der Waals surface area contributed by atoms with Gasteiger partial charge in [-0.05, 0) is 18.6 Å². The van der Waals surface area contributed by atoms with Gasteiger partial charge in [0, 0.05) is 12.5 Å². The molecule has 0 fully saturated rings. The molecule has 0 unspecified atom stereocenters. The summed E-state index contributed by atoms with van der Waals surface area (Å²) in [5, 5.41) is 0. The van der Waals surface area contributed by atoms with Crippen molar-refractivity contribution < 1.29 is 4.74 Å². The quantitative estimate of drug-likeness (QED) is 0.797. The van der Waals surface area contributed by atoms with E-state index in [2.05, 4.69) is 16.9 Å². The Morgan fingerprint density at radius 1 is 1.53 bits per heavy atom. The summed E-state index contributed by atoms with van der Waals surface area (Å²) >= 11 is 4.76. The van der Waals surface area contributed by atoms with Crippen molar-refractivity contribution in [2.24, 2.45) is 5.73 Å². The highest BCUT2D eigenvalue weighted by Gasteiger charge is 2.03. The second-order valence-corrected chi connectivity index (χ2v) is 4.39. The lowest BCUT2D eigenvalue weighted by Gasteiger charge is -2.03. The lowest BCUT2D eigenvalue weighted by atomic mass is 10.3. The van der Waals surface area contributed by atoms with Crippen LogP contribution in [0.25, 0.3) is 11.0 Å². The predicted octanol–water partition coefficient (Wildman–Crippen LogP) is 2.18. The van der Waals surface area contributed by atoms with Crippen molar-refractivity contribution in [3.63, 3.8) is 0 Å². The molecule has 0 atom stereocenters. The summed E-state index contributed by atoms with van der Waals surface area (Å²) in [6.45, 7) is 2.39. The third-order valence-electron chi connectivity index (χ3n) is 2.37. The molecule has 1 aromatic heterocycles. The van der Waals surface area contributed by atoms with Gasteiger partial charge in [0.15, 0.2) is 0 Å². The number of benzene rings is 1. The number of fused-ring (bicyclic) bond motifs is 1. The predicted molar refractivity (Wildman–Crippen MR) is 72.4 cm³/mol. The second-order valence-electron chi connectivity index (χ2n) is 3.87. The maximum absolute atomic E-state index is 5.43. The van der Waals surface area contributed by atoms with E-state index in [1.54, 1.807) is 0 Å². The van der Waals surface area contributed by atoms with Crippen LogP contribution in [-0.4, -0.2) is 21.6 Å². The molecule has 0 saturated heterocycles. The zero-order valence-electron chi connectivity index (χ0n) is 9.69. The van der Waals surface area contributed by atoms with Gasteiger partial charge < -0.3 is 15.5 Å². The standard InChI is InChI=1S/C12H15N3OS/c1-2-3-12-14-9-5-4-8(6-10(9)15-12)16-7-11(13)17/h4-6H,2-3,7H2,1H3,(H2,13,17)(H,14,15). The fraction of sp³-hybridized carbons (Fsp3) is 0.333. The van der Waals surface area contributed by atoms with Gasteiger partial charge in [-0.25, -0.2) is 4.98 Å². The van der Waals surface area contributed by atoms with Crippen molar-refractivity contribution in [2.45, 2.75) is 19.8 Å². The van der Waals surface area contributed by atoms with Crippen molar-refractivity contribution in [1.82, 2.24) is 9.97 Å². The molecule has 0 amide bonds. The monoisotopic (exact) mass is 249 g/mol. The molecule has 0 spiro atoms. The Hall–Kier alpha value is -1.62. The number of rotatable bonds is 5. The number of nitrogens with two attached hydrogens (primary N) is 1. The Balaban J connectivity index is 2.20. The largest absolute Gasteiger partial charge is 0.486 e. The zero-order chi connectivity index (χ0) is 12.3. The SMILES string of the molecule is CCCc1nc2ccc(OCC(N)=S)cc2[nH]1. The number of hydrogen-bond acceptors (Lipinski definition) is 3. The highest BCUT2D eigenvalue weighted by atomic mass is 32.1. The number of nitrogens with one attached hydrogen (secondary N) is 1. The Morgan fingerprint density at radius 2 is 2.35 bits per heavy atom. The van der Waals surface area contributed by atoms with Crippen molar-refractivity contribution in [2.75, 3.05) is 6.61 Å². The normalized spacial score (nSPS) is 10.6. The summed E-state index contributed by atoms with van der Waals surface area (Å²) < 4.78 is 5.43. The number of ether oxygens (including phenoxy) is 1. The highest BCUT2D eigenvalue weighted by Crippen LogP contribution is 2.19. The first-order valence-corrected chi connectivity index (χ1v) is 5.99. The minimum atomic E-state index is 0.261. The Morgan fingerprint density at radius 3 is 3.06 bits per heavy atom. The summed E-state index contributed by atoms with van der Waals surface area (Å²) in [5.41, 5.74) is 7.32. The molecule has 4 nitrogen and oxygen atoms in total. The Labute approximate surface area is 105 Å². The summed E-state index contributed by atoms with van der Waals surface area (Å²) in [7, 11) is 0. The number of H-pyrrole nitrogens is 1. The number of aromatic nitrogens is 2. The first-order chi connectivity index (χ1) is 8.19. The van der Waals surface area contributed by atoms with E-state index in [-0.39, 0.29) is 6.61 Å². The molecule has 90 valence electrons. The first-order valence-electron chi connectivity index (χ1n) is 5.59. The summed E-state index contributed by atoms with van der Waals surface area (Å²) in [4.78, 5) is 8.10. The van der Waals surface area contributed by atoms with E-state index in [0.29, 0.717) is 4.99 Å². The number of thiocarbonyl (C=S) groups is 1. The molecule has 0 aliphatic rings. The average Bonchev–Trinajstić information content (AvgIpc) is 2.68. The number of aromatic amines is 1. The van der Waals surface area contributed by atoms with Crippen LogP contribution >= 0.6 is 12.2 Å². The lowest BCUT2D eigenvalue weighted by Crippen LogP contribution is -2.17. The van der Waals surface area contributed by atoms with Crippen molar-refractivity contribution >= 4 is 28.2 Å². The summed E-state index contributed by atoms with van der Waals surface area (Å²) in [6.07, 6.45) is 2.03. The van der Waals surface area contributed by atoms with E-state index in [1.807, 2.05) is 18.2 Å². The molecule has 3 N–H and O–H groups in total. The first kappa shape index (κ1) is 11.9. The zero-order valence-corrected chi connectivity index (χ0v) is 10.5. The number of aryl methyl sites for hydroxylation is 1. The van der Waals surface area contributed by atoms with Gasteiger partial charge in [-0.1, -0.05) is 19.1 Å². The van der Waals surface area contributed by atoms with Gasteiger partial charge in [-0.2, -0.15) is 0 Å². The van der Waals surface area contributed by atoms with Crippen LogP contribution in [0, 0.1) is 0 Å². The van der Waals surface area contributed by atoms with Crippen LogP contribution in [0.15, 0.2) is 18.2 Å². The van der Waals surface area contributed by atoms with Crippen LogP contribution in [0.4, 0.5) is 0 Å². The molecule has 0 bridgehead atoms. The lowest BCUT2D eigenvalue weighted by molar-refractivity contribution is 0.378. The third-order valence-corrected chi connectivity index (χ3v) is 2.49. The molecular weight excluding hydrogens is 234 g/mol. The number of imidazole rings is 1. The van der Waals surface area contributed by atoms with E-state index in [4.69, 9.17) is 22.7 Å². The van der Waals surface area contributed by atoms with Crippen LogP contribution in [0.1, 0.15) is 19.2 Å². The molecule has 1 heterocycles. The van der Waals surface area contributed by atoms with Crippen LogP contribution < -0.4 is 10.5 Å². The number of nitrogens with zero attached hydrogens (tertiary/aromatic N) is 1. The number of hydrogen-bond donors (Lipinski definition) is 2. The van der Waals surface area contributed by atoms with Crippen LogP contribution in [-0.2, 0) is 6.42 Å². The second kappa shape index (κ2) is 5.14. The molecule has 17 heavy (non-hydrogen) atoms. The average molecular weight is 249 g/mol. The van der Waals surface area contributed by atoms with Gasteiger partial charge in [0.05, 0.1) is 11.0 Å². The summed E-state index contributed by atoms with van der Waals surface area (Å²) in [5.74, 6) is 1.76.